The Hall–Kier alpha value is -2.62. The third-order valence-electron chi connectivity index (χ3n) is 2.69. The molecule has 2 rings (SSSR count). The SMILES string of the molecule is O=C(O)CNc1ccc(Cl)cc1[N+](=O)[O-].O=[N+]([O-])c1cc(Cl)ccc1Cl. The Morgan fingerprint density at radius 1 is 0.962 bits per heavy atom. The summed E-state index contributed by atoms with van der Waals surface area (Å²) in [4.78, 5) is 29.9. The molecule has 0 aliphatic heterocycles. The highest BCUT2D eigenvalue weighted by atomic mass is 35.5. The van der Waals surface area contributed by atoms with Crippen molar-refractivity contribution in [3.05, 3.63) is 71.7 Å². The summed E-state index contributed by atoms with van der Waals surface area (Å²) in [5.41, 5.74) is -0.283. The maximum Gasteiger partial charge on any atom is 0.322 e. The molecule has 0 aromatic heterocycles. The maximum atomic E-state index is 10.6. The van der Waals surface area contributed by atoms with Gasteiger partial charge < -0.3 is 10.4 Å². The Bertz CT molecular complexity index is 847. The molecule has 0 saturated carbocycles. The van der Waals surface area contributed by atoms with Crippen LogP contribution in [0.2, 0.25) is 15.1 Å². The van der Waals surface area contributed by atoms with Crippen molar-refractivity contribution in [3.63, 3.8) is 0 Å². The molecule has 0 aliphatic carbocycles. The standard InChI is InChI=1S/C8H7ClN2O4.C6H3Cl2NO2/c9-5-1-2-6(10-4-8(12)13)7(3-5)11(14)15;7-4-1-2-5(8)6(3-4)9(10)11/h1-3,10H,4H2,(H,12,13);1-3H. The Labute approximate surface area is 161 Å². The van der Waals surface area contributed by atoms with Gasteiger partial charge in [0, 0.05) is 22.2 Å². The minimum atomic E-state index is -1.10. The van der Waals surface area contributed by atoms with Crippen LogP contribution >= 0.6 is 34.8 Å². The number of benzene rings is 2. The van der Waals surface area contributed by atoms with Crippen molar-refractivity contribution in [1.29, 1.82) is 0 Å². The van der Waals surface area contributed by atoms with Gasteiger partial charge >= 0.3 is 5.97 Å². The number of hydrogen-bond acceptors (Lipinski definition) is 6. The molecule has 2 aromatic carbocycles. The number of rotatable bonds is 5. The van der Waals surface area contributed by atoms with Crippen molar-refractivity contribution in [1.82, 2.24) is 0 Å². The van der Waals surface area contributed by atoms with Crippen LogP contribution < -0.4 is 5.32 Å². The fourth-order valence-corrected chi connectivity index (χ4v) is 2.12. The molecule has 0 fully saturated rings. The molecule has 0 atom stereocenters. The van der Waals surface area contributed by atoms with E-state index >= 15 is 0 Å². The number of hydrogen-bond donors (Lipinski definition) is 2. The highest BCUT2D eigenvalue weighted by molar-refractivity contribution is 6.34. The molecule has 138 valence electrons. The quantitative estimate of drug-likeness (QED) is 0.529. The van der Waals surface area contributed by atoms with Gasteiger partial charge in [0.25, 0.3) is 11.4 Å². The first kappa shape index (κ1) is 21.4. The molecule has 2 aromatic rings. The Morgan fingerprint density at radius 3 is 1.92 bits per heavy atom. The largest absolute Gasteiger partial charge is 0.480 e. The van der Waals surface area contributed by atoms with Crippen LogP contribution in [0.15, 0.2) is 36.4 Å². The second-order valence-electron chi connectivity index (χ2n) is 4.52. The summed E-state index contributed by atoms with van der Waals surface area (Å²) >= 11 is 16.6. The van der Waals surface area contributed by atoms with E-state index in [4.69, 9.17) is 39.9 Å². The van der Waals surface area contributed by atoms with Crippen molar-refractivity contribution in [2.75, 3.05) is 11.9 Å². The normalized spacial score (nSPS) is 9.65. The number of carboxylic acid groups (broad SMARTS) is 1. The number of carboxylic acids is 1. The van der Waals surface area contributed by atoms with E-state index in [-0.39, 0.29) is 33.7 Å². The molecule has 0 unspecified atom stereocenters. The predicted molar refractivity (Wildman–Crippen MR) is 97.3 cm³/mol. The lowest BCUT2D eigenvalue weighted by atomic mass is 10.2. The van der Waals surface area contributed by atoms with Gasteiger partial charge in [0.15, 0.2) is 0 Å². The molecule has 0 amide bonds. The zero-order valence-corrected chi connectivity index (χ0v) is 15.0. The molecule has 0 bridgehead atoms. The predicted octanol–water partition coefficient (Wildman–Crippen LogP) is 4.65. The van der Waals surface area contributed by atoms with Gasteiger partial charge in [-0.25, -0.2) is 0 Å². The molecule has 0 heterocycles. The van der Waals surface area contributed by atoms with Crippen molar-refractivity contribution in [2.45, 2.75) is 0 Å². The molecule has 0 aliphatic rings. The average Bonchev–Trinajstić information content (AvgIpc) is 2.56. The molecule has 12 heteroatoms. The number of anilines is 1. The molecule has 2 N–H and O–H groups in total. The van der Waals surface area contributed by atoms with E-state index in [0.29, 0.717) is 5.02 Å². The van der Waals surface area contributed by atoms with E-state index in [1.54, 1.807) is 0 Å². The Balaban J connectivity index is 0.000000273. The maximum absolute atomic E-state index is 10.6. The number of aliphatic carboxylic acids is 1. The van der Waals surface area contributed by atoms with Crippen molar-refractivity contribution < 1.29 is 19.7 Å². The summed E-state index contributed by atoms with van der Waals surface area (Å²) in [5, 5.41) is 32.3. The summed E-state index contributed by atoms with van der Waals surface area (Å²) in [7, 11) is 0. The van der Waals surface area contributed by atoms with Crippen LogP contribution in [0.3, 0.4) is 0 Å². The molecule has 0 saturated heterocycles. The number of nitrogens with zero attached hydrogens (tertiary/aromatic N) is 2. The van der Waals surface area contributed by atoms with Crippen LogP contribution in [0.1, 0.15) is 0 Å². The number of nitrogens with one attached hydrogen (secondary N) is 1. The Kier molecular flexibility index (Phi) is 8.04. The fourth-order valence-electron chi connectivity index (χ4n) is 1.60. The van der Waals surface area contributed by atoms with Gasteiger partial charge in [-0.15, -0.1) is 0 Å². The van der Waals surface area contributed by atoms with E-state index in [0.717, 1.165) is 6.07 Å². The molecule has 0 spiro atoms. The van der Waals surface area contributed by atoms with Gasteiger partial charge in [-0.05, 0) is 24.3 Å². The molecule has 9 nitrogen and oxygen atoms in total. The molecular formula is C14H10Cl3N3O6. The van der Waals surface area contributed by atoms with Gasteiger partial charge in [0.2, 0.25) is 0 Å². The van der Waals surface area contributed by atoms with Crippen LogP contribution in [0.25, 0.3) is 0 Å². The van der Waals surface area contributed by atoms with E-state index in [2.05, 4.69) is 5.32 Å². The number of nitro benzene ring substituents is 2. The van der Waals surface area contributed by atoms with Gasteiger partial charge in [0.05, 0.1) is 9.85 Å². The topological polar surface area (TPSA) is 136 Å². The lowest BCUT2D eigenvalue weighted by Gasteiger charge is -2.04. The van der Waals surface area contributed by atoms with Gasteiger partial charge in [-0.3, -0.25) is 25.0 Å². The smallest absolute Gasteiger partial charge is 0.322 e. The van der Waals surface area contributed by atoms with Crippen molar-refractivity contribution in [3.8, 4) is 0 Å². The van der Waals surface area contributed by atoms with E-state index in [9.17, 15) is 25.0 Å². The third kappa shape index (κ3) is 6.71. The summed E-state index contributed by atoms with van der Waals surface area (Å²) in [6.07, 6.45) is 0. The average molecular weight is 423 g/mol. The number of nitro groups is 2. The highest BCUT2D eigenvalue weighted by Crippen LogP contribution is 2.28. The summed E-state index contributed by atoms with van der Waals surface area (Å²) in [6, 6.07) is 8.07. The van der Waals surface area contributed by atoms with Crippen LogP contribution in [-0.4, -0.2) is 27.5 Å². The monoisotopic (exact) mass is 421 g/mol. The minimum absolute atomic E-state index is 0.0967. The molecular weight excluding hydrogens is 413 g/mol. The second-order valence-corrected chi connectivity index (χ2v) is 5.80. The third-order valence-corrected chi connectivity index (χ3v) is 3.48. The Morgan fingerprint density at radius 2 is 1.46 bits per heavy atom. The summed E-state index contributed by atoms with van der Waals surface area (Å²) < 4.78 is 0. The van der Waals surface area contributed by atoms with Crippen LogP contribution in [0.4, 0.5) is 17.1 Å². The van der Waals surface area contributed by atoms with Gasteiger partial charge in [0.1, 0.15) is 17.3 Å². The van der Waals surface area contributed by atoms with Gasteiger partial charge in [-0.2, -0.15) is 0 Å². The van der Waals surface area contributed by atoms with E-state index in [1.807, 2.05) is 0 Å². The summed E-state index contributed by atoms with van der Waals surface area (Å²) in [5.74, 6) is -1.10. The number of halogens is 3. The first-order valence-corrected chi connectivity index (χ1v) is 7.74. The zero-order valence-electron chi connectivity index (χ0n) is 12.7. The van der Waals surface area contributed by atoms with Gasteiger partial charge in [-0.1, -0.05) is 34.8 Å². The molecule has 26 heavy (non-hydrogen) atoms. The molecule has 0 radical (unpaired) electrons. The lowest BCUT2D eigenvalue weighted by Crippen LogP contribution is -2.13. The zero-order chi connectivity index (χ0) is 19.9. The van der Waals surface area contributed by atoms with E-state index < -0.39 is 15.8 Å². The van der Waals surface area contributed by atoms with Crippen LogP contribution in [-0.2, 0) is 4.79 Å². The highest BCUT2D eigenvalue weighted by Gasteiger charge is 2.14. The second kappa shape index (κ2) is 9.76. The summed E-state index contributed by atoms with van der Waals surface area (Å²) in [6.45, 7) is -0.386. The first-order chi connectivity index (χ1) is 12.1. The number of carbonyl (C=O) groups is 1. The lowest BCUT2D eigenvalue weighted by molar-refractivity contribution is -0.384. The first-order valence-electron chi connectivity index (χ1n) is 6.61. The van der Waals surface area contributed by atoms with E-state index in [1.165, 1.54) is 30.3 Å². The van der Waals surface area contributed by atoms with Crippen molar-refractivity contribution >= 4 is 57.8 Å². The minimum Gasteiger partial charge on any atom is -0.480 e. The van der Waals surface area contributed by atoms with Crippen LogP contribution in [0, 0.1) is 20.2 Å². The van der Waals surface area contributed by atoms with Crippen molar-refractivity contribution in [2.24, 2.45) is 0 Å². The van der Waals surface area contributed by atoms with Crippen LogP contribution in [0.5, 0.6) is 0 Å². The fraction of sp³-hybridized carbons (Fsp3) is 0.0714.